The maximum Gasteiger partial charge on any atom is 0.407 e. The number of hydrogen-bond acceptors (Lipinski definition) is 5. The highest BCUT2D eigenvalue weighted by Gasteiger charge is 2.33. The first-order chi connectivity index (χ1) is 11.5. The molecule has 0 radical (unpaired) electrons. The molecule has 1 saturated heterocycles. The minimum absolute atomic E-state index is 0.0735. The molecule has 0 aromatic heterocycles. The molecule has 1 rings (SSSR count). The zero-order valence-corrected chi connectivity index (χ0v) is 16.8. The van der Waals surface area contributed by atoms with E-state index in [1.807, 2.05) is 6.92 Å². The topological polar surface area (TPSA) is 92.8 Å². The maximum atomic E-state index is 12.6. The summed E-state index contributed by atoms with van der Waals surface area (Å²) in [5.41, 5.74) is -0.558. The summed E-state index contributed by atoms with van der Waals surface area (Å²) in [7, 11) is -1.41. The quantitative estimate of drug-likeness (QED) is 0.733. The van der Waals surface area contributed by atoms with E-state index in [1.165, 1.54) is 4.90 Å². The third-order valence-corrected chi connectivity index (χ3v) is 6.58. The number of alkyl carbamates (subject to hydrolysis) is 1. The molecule has 2 amide bonds. The van der Waals surface area contributed by atoms with Gasteiger partial charge in [-0.15, -0.1) is 0 Å². The van der Waals surface area contributed by atoms with Crippen molar-refractivity contribution in [3.05, 3.63) is 0 Å². The third-order valence-electron chi connectivity index (χ3n) is 4.32. The molecule has 0 spiro atoms. The minimum Gasteiger partial charge on any atom is -0.444 e. The van der Waals surface area contributed by atoms with Gasteiger partial charge in [-0.3, -0.25) is 4.79 Å². The molecule has 0 bridgehead atoms. The van der Waals surface area contributed by atoms with E-state index in [1.54, 1.807) is 27.8 Å². The predicted octanol–water partition coefficient (Wildman–Crippen LogP) is 1.96. The van der Waals surface area contributed by atoms with E-state index >= 15 is 0 Å². The van der Waals surface area contributed by atoms with Crippen LogP contribution in [0.15, 0.2) is 0 Å². The molecule has 1 aliphatic heterocycles. The molecule has 7 nitrogen and oxygen atoms in total. The highest BCUT2D eigenvalue weighted by atomic mass is 32.2. The number of carbonyl (C=O) groups is 2. The second-order valence-corrected chi connectivity index (χ2v) is 10.1. The van der Waals surface area contributed by atoms with Gasteiger partial charge in [0.2, 0.25) is 5.91 Å². The molecule has 1 heterocycles. The third kappa shape index (κ3) is 7.22. The number of hydrogen-bond donors (Lipinski definition) is 1. The number of nitrogens with zero attached hydrogens (tertiary/aromatic N) is 1. The molecule has 0 aromatic carbocycles. The van der Waals surface area contributed by atoms with E-state index in [-0.39, 0.29) is 24.1 Å². The highest BCUT2D eigenvalue weighted by molar-refractivity contribution is 7.92. The van der Waals surface area contributed by atoms with E-state index in [0.29, 0.717) is 32.2 Å². The van der Waals surface area contributed by atoms with Crippen LogP contribution in [0.5, 0.6) is 0 Å². The van der Waals surface area contributed by atoms with Crippen LogP contribution in [0.25, 0.3) is 0 Å². The Morgan fingerprint density at radius 1 is 1.32 bits per heavy atom. The molecule has 25 heavy (non-hydrogen) atoms. The van der Waals surface area contributed by atoms with Crippen LogP contribution in [0, 0.1) is 5.92 Å². The summed E-state index contributed by atoms with van der Waals surface area (Å²) in [6.07, 6.45) is 1.93. The van der Waals surface area contributed by atoms with Gasteiger partial charge in [0.05, 0.1) is 11.0 Å². The fraction of sp³-hybridized carbons (Fsp3) is 0.882. The summed E-state index contributed by atoms with van der Waals surface area (Å²) in [4.78, 5) is 25.7. The lowest BCUT2D eigenvalue weighted by Gasteiger charge is -2.25. The van der Waals surface area contributed by atoms with Gasteiger partial charge in [0, 0.05) is 26.1 Å². The van der Waals surface area contributed by atoms with E-state index in [9.17, 15) is 18.0 Å². The van der Waals surface area contributed by atoms with Crippen LogP contribution in [0.3, 0.4) is 0 Å². The monoisotopic (exact) mass is 376 g/mol. The Morgan fingerprint density at radius 3 is 2.44 bits per heavy atom. The van der Waals surface area contributed by atoms with Crippen molar-refractivity contribution in [2.24, 2.45) is 5.92 Å². The average Bonchev–Trinajstić information content (AvgIpc) is 2.80. The van der Waals surface area contributed by atoms with Crippen molar-refractivity contribution >= 4 is 21.8 Å². The molecule has 2 unspecified atom stereocenters. The zero-order chi connectivity index (χ0) is 19.3. The lowest BCUT2D eigenvalue weighted by Crippen LogP contribution is -2.40. The van der Waals surface area contributed by atoms with E-state index in [4.69, 9.17) is 4.74 Å². The molecule has 1 aliphatic rings. The molecule has 1 N–H and O–H groups in total. The standard InChI is InChI=1S/C17H32N2O5S/c1-6-13(9-10-18-16(21)24-17(2,3)4)15(20)19(5)12-14-8-7-11-25(14,22)23/h13-14H,6-12H2,1-5H3,(H,18,21). The first-order valence-electron chi connectivity index (χ1n) is 8.89. The smallest absolute Gasteiger partial charge is 0.407 e. The van der Waals surface area contributed by atoms with Gasteiger partial charge in [0.15, 0.2) is 9.84 Å². The average molecular weight is 377 g/mol. The molecule has 0 aromatic rings. The van der Waals surface area contributed by atoms with Gasteiger partial charge in [0.1, 0.15) is 5.60 Å². The largest absolute Gasteiger partial charge is 0.444 e. The van der Waals surface area contributed by atoms with Crippen molar-refractivity contribution in [2.75, 3.05) is 25.9 Å². The number of sulfone groups is 1. The molecule has 8 heteroatoms. The Labute approximate surface area is 151 Å². The Bertz CT molecular complexity index is 568. The molecule has 0 aliphatic carbocycles. The number of carbonyl (C=O) groups excluding carboxylic acids is 2. The summed E-state index contributed by atoms with van der Waals surface area (Å²) < 4.78 is 29.0. The fourth-order valence-electron chi connectivity index (χ4n) is 2.94. The van der Waals surface area contributed by atoms with Gasteiger partial charge >= 0.3 is 6.09 Å². The van der Waals surface area contributed by atoms with Gasteiger partial charge in [-0.2, -0.15) is 0 Å². The van der Waals surface area contributed by atoms with Crippen LogP contribution < -0.4 is 5.32 Å². The Hall–Kier alpha value is -1.31. The van der Waals surface area contributed by atoms with Crippen LogP contribution in [0.2, 0.25) is 0 Å². The Kier molecular flexibility index (Phi) is 7.71. The van der Waals surface area contributed by atoms with Gasteiger partial charge in [-0.05, 0) is 46.5 Å². The van der Waals surface area contributed by atoms with Crippen LogP contribution >= 0.6 is 0 Å². The minimum atomic E-state index is -3.06. The molecular weight excluding hydrogens is 344 g/mol. The summed E-state index contributed by atoms with van der Waals surface area (Å²) >= 11 is 0. The van der Waals surface area contributed by atoms with Crippen LogP contribution in [0.4, 0.5) is 4.79 Å². The Balaban J connectivity index is 2.47. The molecule has 146 valence electrons. The molecular formula is C17H32N2O5S. The summed E-state index contributed by atoms with van der Waals surface area (Å²) in [5.74, 6) is -0.101. The first kappa shape index (κ1) is 21.7. The summed E-state index contributed by atoms with van der Waals surface area (Å²) in [6, 6.07) is 0. The highest BCUT2D eigenvalue weighted by Crippen LogP contribution is 2.22. The predicted molar refractivity (Wildman–Crippen MR) is 97.1 cm³/mol. The first-order valence-corrected chi connectivity index (χ1v) is 10.6. The number of amides is 2. The lowest BCUT2D eigenvalue weighted by molar-refractivity contribution is -0.134. The lowest BCUT2D eigenvalue weighted by atomic mass is 10.0. The van der Waals surface area contributed by atoms with Gasteiger partial charge in [-0.1, -0.05) is 6.92 Å². The van der Waals surface area contributed by atoms with Crippen LogP contribution in [-0.4, -0.2) is 62.1 Å². The fourth-order valence-corrected chi connectivity index (χ4v) is 4.81. The number of rotatable bonds is 7. The number of nitrogens with one attached hydrogen (secondary N) is 1. The van der Waals surface area contributed by atoms with Crippen LogP contribution in [-0.2, 0) is 19.4 Å². The van der Waals surface area contributed by atoms with Crippen LogP contribution in [0.1, 0.15) is 53.4 Å². The van der Waals surface area contributed by atoms with Crippen molar-refractivity contribution in [1.82, 2.24) is 10.2 Å². The second kappa shape index (κ2) is 8.87. The maximum absolute atomic E-state index is 12.6. The van der Waals surface area contributed by atoms with Crippen molar-refractivity contribution in [1.29, 1.82) is 0 Å². The zero-order valence-electron chi connectivity index (χ0n) is 16.0. The van der Waals surface area contributed by atoms with Crippen molar-refractivity contribution in [3.8, 4) is 0 Å². The van der Waals surface area contributed by atoms with E-state index in [2.05, 4.69) is 5.32 Å². The van der Waals surface area contributed by atoms with Gasteiger partial charge in [0.25, 0.3) is 0 Å². The molecule has 0 saturated carbocycles. The van der Waals surface area contributed by atoms with Crippen molar-refractivity contribution < 1.29 is 22.7 Å². The van der Waals surface area contributed by atoms with Gasteiger partial charge < -0.3 is 15.0 Å². The second-order valence-electron chi connectivity index (χ2n) is 7.67. The summed E-state index contributed by atoms with van der Waals surface area (Å²) in [6.45, 7) is 7.87. The molecule has 1 fully saturated rings. The Morgan fingerprint density at radius 2 is 1.96 bits per heavy atom. The SMILES string of the molecule is CCC(CCNC(=O)OC(C)(C)C)C(=O)N(C)CC1CCCS1(=O)=O. The molecule has 2 atom stereocenters. The van der Waals surface area contributed by atoms with Crippen molar-refractivity contribution in [2.45, 2.75) is 64.2 Å². The van der Waals surface area contributed by atoms with Gasteiger partial charge in [-0.25, -0.2) is 13.2 Å². The van der Waals surface area contributed by atoms with E-state index < -0.39 is 26.8 Å². The van der Waals surface area contributed by atoms with Crippen molar-refractivity contribution in [3.63, 3.8) is 0 Å². The van der Waals surface area contributed by atoms with E-state index in [0.717, 1.165) is 0 Å². The normalized spacial score (nSPS) is 20.8. The summed E-state index contributed by atoms with van der Waals surface area (Å²) in [5, 5.41) is 2.21. The number of ether oxygens (including phenoxy) is 1.